The van der Waals surface area contributed by atoms with E-state index >= 15 is 0 Å². The molecule has 1 aliphatic heterocycles. The van der Waals surface area contributed by atoms with E-state index in [9.17, 15) is 4.79 Å². The second-order valence-electron chi connectivity index (χ2n) is 7.63. The molecule has 0 spiro atoms. The Morgan fingerprint density at radius 2 is 2.23 bits per heavy atom. The summed E-state index contributed by atoms with van der Waals surface area (Å²) in [4.78, 5) is 19.8. The van der Waals surface area contributed by atoms with Gasteiger partial charge in [-0.25, -0.2) is 0 Å². The van der Waals surface area contributed by atoms with Gasteiger partial charge in [0.1, 0.15) is 6.04 Å². The van der Waals surface area contributed by atoms with Gasteiger partial charge in [0, 0.05) is 24.1 Å². The highest BCUT2D eigenvalue weighted by Crippen LogP contribution is 2.40. The molecule has 1 saturated carbocycles. The summed E-state index contributed by atoms with van der Waals surface area (Å²) in [5, 5.41) is 11.3. The maximum Gasteiger partial charge on any atom is 0.252 e. The number of ether oxygens (including phenoxy) is 1. The first-order valence-corrected chi connectivity index (χ1v) is 9.47. The van der Waals surface area contributed by atoms with E-state index in [1.807, 2.05) is 18.0 Å². The van der Waals surface area contributed by atoms with Crippen molar-refractivity contribution in [2.75, 3.05) is 13.2 Å². The summed E-state index contributed by atoms with van der Waals surface area (Å²) >= 11 is 0. The first kappa shape index (κ1) is 16.0. The lowest BCUT2D eigenvalue weighted by Gasteiger charge is -2.39. The van der Waals surface area contributed by atoms with Crippen LogP contribution in [0.4, 0.5) is 0 Å². The lowest BCUT2D eigenvalue weighted by Crippen LogP contribution is -2.50. The van der Waals surface area contributed by atoms with Gasteiger partial charge in [0.15, 0.2) is 5.82 Å². The molecule has 1 N–H and O–H groups in total. The van der Waals surface area contributed by atoms with Crippen LogP contribution in [0.25, 0.3) is 0 Å². The van der Waals surface area contributed by atoms with Gasteiger partial charge >= 0.3 is 0 Å². The predicted molar refractivity (Wildman–Crippen MR) is 90.2 cm³/mol. The SMILES string of the molecule is C[C@H]1OCCN(C(=O)C2CCc3[nH]ncc3C2)[C@@H]1c1nc(C2CC2)no1. The number of aryl methyl sites for hydroxylation is 1. The van der Waals surface area contributed by atoms with Crippen molar-refractivity contribution in [2.24, 2.45) is 5.92 Å². The Morgan fingerprint density at radius 3 is 3.08 bits per heavy atom. The Labute approximate surface area is 151 Å². The summed E-state index contributed by atoms with van der Waals surface area (Å²) in [6, 6.07) is -0.304. The van der Waals surface area contributed by atoms with Crippen molar-refractivity contribution < 1.29 is 14.1 Å². The molecular formula is C18H23N5O3. The van der Waals surface area contributed by atoms with E-state index in [4.69, 9.17) is 9.26 Å². The van der Waals surface area contributed by atoms with Crippen LogP contribution in [0.2, 0.25) is 0 Å². The van der Waals surface area contributed by atoms with Gasteiger partial charge in [-0.2, -0.15) is 10.1 Å². The van der Waals surface area contributed by atoms with Crippen LogP contribution in [0.5, 0.6) is 0 Å². The topological polar surface area (TPSA) is 97.1 Å². The van der Waals surface area contributed by atoms with Crippen LogP contribution in [0.15, 0.2) is 10.7 Å². The summed E-state index contributed by atoms with van der Waals surface area (Å²) in [6.45, 7) is 3.07. The van der Waals surface area contributed by atoms with E-state index in [2.05, 4.69) is 20.3 Å². The maximum absolute atomic E-state index is 13.3. The molecule has 8 heteroatoms. The Bertz CT molecular complexity index is 811. The minimum Gasteiger partial charge on any atom is -0.374 e. The largest absolute Gasteiger partial charge is 0.374 e. The molecule has 1 amide bonds. The minimum atomic E-state index is -0.304. The summed E-state index contributed by atoms with van der Waals surface area (Å²) < 4.78 is 11.3. The van der Waals surface area contributed by atoms with Crippen LogP contribution >= 0.6 is 0 Å². The highest BCUT2D eigenvalue weighted by atomic mass is 16.5. The molecule has 2 aromatic rings. The Morgan fingerprint density at radius 1 is 1.35 bits per heavy atom. The molecule has 1 saturated heterocycles. The Hall–Kier alpha value is -2.22. The number of hydrogen-bond donors (Lipinski definition) is 1. The van der Waals surface area contributed by atoms with Crippen molar-refractivity contribution in [1.29, 1.82) is 0 Å². The van der Waals surface area contributed by atoms with Crippen molar-refractivity contribution in [3.63, 3.8) is 0 Å². The van der Waals surface area contributed by atoms with E-state index in [1.54, 1.807) is 0 Å². The number of hydrogen-bond acceptors (Lipinski definition) is 6. The second kappa shape index (κ2) is 6.19. The molecule has 3 heterocycles. The van der Waals surface area contributed by atoms with Gasteiger partial charge in [0.05, 0.1) is 18.9 Å². The Kier molecular flexibility index (Phi) is 3.81. The van der Waals surface area contributed by atoms with Crippen LogP contribution in [-0.2, 0) is 22.4 Å². The van der Waals surface area contributed by atoms with E-state index in [0.717, 1.165) is 49.2 Å². The third-order valence-corrected chi connectivity index (χ3v) is 5.80. The lowest BCUT2D eigenvalue weighted by atomic mass is 9.86. The van der Waals surface area contributed by atoms with E-state index in [0.29, 0.717) is 25.0 Å². The third kappa shape index (κ3) is 2.72. The van der Waals surface area contributed by atoms with Gasteiger partial charge in [-0.3, -0.25) is 9.89 Å². The average molecular weight is 357 g/mol. The molecule has 0 bridgehead atoms. The van der Waals surface area contributed by atoms with Crippen LogP contribution in [0.1, 0.15) is 61.1 Å². The molecule has 2 fully saturated rings. The Balaban J connectivity index is 1.39. The lowest BCUT2D eigenvalue weighted by molar-refractivity contribution is -0.152. The highest BCUT2D eigenvalue weighted by Gasteiger charge is 2.41. The van der Waals surface area contributed by atoms with Gasteiger partial charge < -0.3 is 14.2 Å². The number of H-pyrrole nitrogens is 1. The molecule has 26 heavy (non-hydrogen) atoms. The fourth-order valence-electron chi connectivity index (χ4n) is 4.14. The van der Waals surface area contributed by atoms with E-state index in [-0.39, 0.29) is 24.0 Å². The van der Waals surface area contributed by atoms with E-state index in [1.165, 1.54) is 0 Å². The molecule has 0 aromatic carbocycles. The molecular weight excluding hydrogens is 334 g/mol. The number of morpholine rings is 1. The third-order valence-electron chi connectivity index (χ3n) is 5.80. The molecule has 2 aromatic heterocycles. The smallest absolute Gasteiger partial charge is 0.252 e. The second-order valence-corrected chi connectivity index (χ2v) is 7.63. The van der Waals surface area contributed by atoms with Gasteiger partial charge in [-0.15, -0.1) is 0 Å². The van der Waals surface area contributed by atoms with Crippen molar-refractivity contribution >= 4 is 5.91 Å². The first-order chi connectivity index (χ1) is 12.7. The number of fused-ring (bicyclic) bond motifs is 1. The zero-order valence-electron chi connectivity index (χ0n) is 14.9. The molecule has 5 rings (SSSR count). The fourth-order valence-corrected chi connectivity index (χ4v) is 4.14. The molecule has 3 atom stereocenters. The number of aromatic amines is 1. The van der Waals surface area contributed by atoms with Crippen LogP contribution in [0.3, 0.4) is 0 Å². The average Bonchev–Trinajstić information content (AvgIpc) is 3.20. The van der Waals surface area contributed by atoms with Crippen molar-refractivity contribution in [1.82, 2.24) is 25.2 Å². The monoisotopic (exact) mass is 357 g/mol. The zero-order valence-corrected chi connectivity index (χ0v) is 14.9. The number of aromatic nitrogens is 4. The molecule has 0 radical (unpaired) electrons. The standard InChI is InChI=1S/C18H23N5O3/c1-10-15(17-20-16(22-26-17)11-2-3-11)23(6-7-25-10)18(24)12-4-5-14-13(8-12)9-19-21-14/h9-12,15H,2-8H2,1H3,(H,19,21)/t10-,12?,15+/m1/s1. The molecule has 1 unspecified atom stereocenters. The quantitative estimate of drug-likeness (QED) is 0.899. The highest BCUT2D eigenvalue weighted by molar-refractivity contribution is 5.80. The summed E-state index contributed by atoms with van der Waals surface area (Å²) in [5.74, 6) is 1.83. The van der Waals surface area contributed by atoms with Crippen LogP contribution < -0.4 is 0 Å². The number of rotatable bonds is 3. The molecule has 8 nitrogen and oxygen atoms in total. The number of amides is 1. The van der Waals surface area contributed by atoms with Gasteiger partial charge in [-0.1, -0.05) is 5.16 Å². The normalized spacial score (nSPS) is 28.8. The van der Waals surface area contributed by atoms with Crippen molar-refractivity contribution in [3.8, 4) is 0 Å². The van der Waals surface area contributed by atoms with Crippen LogP contribution in [0, 0.1) is 5.92 Å². The van der Waals surface area contributed by atoms with Gasteiger partial charge in [-0.05, 0) is 44.6 Å². The van der Waals surface area contributed by atoms with Crippen molar-refractivity contribution in [3.05, 3.63) is 29.2 Å². The summed E-state index contributed by atoms with van der Waals surface area (Å²) in [5.41, 5.74) is 2.31. The molecule has 3 aliphatic rings. The number of carbonyl (C=O) groups excluding carboxylic acids is 1. The molecule has 2 aliphatic carbocycles. The van der Waals surface area contributed by atoms with Gasteiger partial charge in [0.25, 0.3) is 5.89 Å². The minimum absolute atomic E-state index is 0.0290. The first-order valence-electron chi connectivity index (χ1n) is 9.47. The number of carbonyl (C=O) groups is 1. The van der Waals surface area contributed by atoms with Gasteiger partial charge in [0.2, 0.25) is 5.91 Å². The van der Waals surface area contributed by atoms with Crippen LogP contribution in [-0.4, -0.2) is 50.4 Å². The number of nitrogens with zero attached hydrogens (tertiary/aromatic N) is 4. The predicted octanol–water partition coefficient (Wildman–Crippen LogP) is 1.76. The van der Waals surface area contributed by atoms with E-state index < -0.39 is 0 Å². The summed E-state index contributed by atoms with van der Waals surface area (Å²) in [7, 11) is 0. The zero-order chi connectivity index (χ0) is 17.7. The molecule has 138 valence electrons. The fraction of sp³-hybridized carbons (Fsp3) is 0.667. The number of nitrogens with one attached hydrogen (secondary N) is 1. The maximum atomic E-state index is 13.3. The van der Waals surface area contributed by atoms with Crippen molar-refractivity contribution in [2.45, 2.75) is 57.1 Å². The summed E-state index contributed by atoms with van der Waals surface area (Å²) in [6.07, 6.45) is 6.36.